The zero-order valence-corrected chi connectivity index (χ0v) is 16.4. The lowest BCUT2D eigenvalue weighted by molar-refractivity contribution is -0.127. The largest absolute Gasteiger partial charge is 0.493 e. The summed E-state index contributed by atoms with van der Waals surface area (Å²) in [6, 6.07) is 13.8. The molecule has 0 fully saturated rings. The van der Waals surface area contributed by atoms with Crippen molar-refractivity contribution in [3.8, 4) is 17.2 Å². The first-order valence-corrected chi connectivity index (χ1v) is 9.73. The van der Waals surface area contributed by atoms with Gasteiger partial charge in [0.2, 0.25) is 5.91 Å². The second kappa shape index (κ2) is 9.36. The van der Waals surface area contributed by atoms with E-state index in [0.29, 0.717) is 29.4 Å². The van der Waals surface area contributed by atoms with Crippen LogP contribution in [0.15, 0.2) is 58.2 Å². The van der Waals surface area contributed by atoms with Gasteiger partial charge in [-0.3, -0.25) is 4.79 Å². The molecular formula is C20H20FN3O3S. The summed E-state index contributed by atoms with van der Waals surface area (Å²) in [7, 11) is 1.63. The Hall–Kier alpha value is -2.87. The van der Waals surface area contributed by atoms with Crippen LogP contribution in [0.2, 0.25) is 0 Å². The summed E-state index contributed by atoms with van der Waals surface area (Å²) in [5.41, 5.74) is 1.17. The highest BCUT2D eigenvalue weighted by molar-refractivity contribution is 7.99. The Morgan fingerprint density at radius 2 is 1.93 bits per heavy atom. The van der Waals surface area contributed by atoms with Crippen LogP contribution in [0.25, 0.3) is 11.5 Å². The molecule has 3 rings (SSSR count). The van der Waals surface area contributed by atoms with Crippen LogP contribution in [-0.2, 0) is 11.3 Å². The average molecular weight is 401 g/mol. The first kappa shape index (κ1) is 19.9. The van der Waals surface area contributed by atoms with Gasteiger partial charge in [0.15, 0.2) is 0 Å². The molecule has 0 aliphatic heterocycles. The average Bonchev–Trinajstić information content (AvgIpc) is 3.17. The second-order valence-corrected chi connectivity index (χ2v) is 6.86. The van der Waals surface area contributed by atoms with Crippen LogP contribution in [0.3, 0.4) is 0 Å². The van der Waals surface area contributed by atoms with Crippen LogP contribution in [0.5, 0.6) is 5.75 Å². The normalized spacial score (nSPS) is 10.7. The number of carbonyl (C=O) groups is 1. The third-order valence-corrected chi connectivity index (χ3v) is 4.74. The van der Waals surface area contributed by atoms with Gasteiger partial charge in [0, 0.05) is 19.2 Å². The van der Waals surface area contributed by atoms with Gasteiger partial charge in [0.1, 0.15) is 11.6 Å². The van der Waals surface area contributed by atoms with Crippen molar-refractivity contribution in [2.45, 2.75) is 18.7 Å². The van der Waals surface area contributed by atoms with Gasteiger partial charge in [-0.15, -0.1) is 10.2 Å². The van der Waals surface area contributed by atoms with E-state index in [0.717, 1.165) is 11.8 Å². The van der Waals surface area contributed by atoms with E-state index in [4.69, 9.17) is 9.15 Å². The topological polar surface area (TPSA) is 68.5 Å². The van der Waals surface area contributed by atoms with Gasteiger partial charge in [-0.2, -0.15) is 0 Å². The van der Waals surface area contributed by atoms with Gasteiger partial charge in [0.25, 0.3) is 11.1 Å². The molecule has 0 spiro atoms. The molecule has 6 nitrogen and oxygen atoms in total. The van der Waals surface area contributed by atoms with Crippen molar-refractivity contribution in [2.75, 3.05) is 19.4 Å². The zero-order valence-electron chi connectivity index (χ0n) is 15.6. The maximum absolute atomic E-state index is 13.7. The lowest BCUT2D eigenvalue weighted by Crippen LogP contribution is -2.28. The molecule has 0 aliphatic carbocycles. The molecule has 0 atom stereocenters. The van der Waals surface area contributed by atoms with Crippen molar-refractivity contribution in [3.05, 3.63) is 59.9 Å². The Morgan fingerprint density at radius 1 is 1.18 bits per heavy atom. The first-order valence-electron chi connectivity index (χ1n) is 8.74. The molecule has 0 aliphatic rings. The molecule has 1 aromatic heterocycles. The van der Waals surface area contributed by atoms with E-state index >= 15 is 0 Å². The first-order chi connectivity index (χ1) is 13.6. The smallest absolute Gasteiger partial charge is 0.277 e. The maximum atomic E-state index is 13.7. The Balaban J connectivity index is 1.60. The molecule has 0 saturated heterocycles. The van der Waals surface area contributed by atoms with Crippen molar-refractivity contribution >= 4 is 17.7 Å². The highest BCUT2D eigenvalue weighted by Gasteiger charge is 2.16. The molecule has 0 unspecified atom stereocenters. The van der Waals surface area contributed by atoms with E-state index in [2.05, 4.69) is 10.2 Å². The molecule has 28 heavy (non-hydrogen) atoms. The fourth-order valence-corrected chi connectivity index (χ4v) is 3.21. The lowest BCUT2D eigenvalue weighted by atomic mass is 10.2. The number of amides is 1. The van der Waals surface area contributed by atoms with Crippen molar-refractivity contribution in [1.82, 2.24) is 15.1 Å². The molecule has 1 amide bonds. The third-order valence-electron chi connectivity index (χ3n) is 3.93. The quantitative estimate of drug-likeness (QED) is 0.531. The number of nitrogens with zero attached hydrogens (tertiary/aromatic N) is 3. The number of thioether (sulfide) groups is 1. The Morgan fingerprint density at radius 3 is 2.71 bits per heavy atom. The number of para-hydroxylation sites is 1. The number of carbonyl (C=O) groups excluding carboxylic acids is 1. The van der Waals surface area contributed by atoms with E-state index in [9.17, 15) is 9.18 Å². The predicted octanol–water partition coefficient (Wildman–Crippen LogP) is 4.03. The predicted molar refractivity (Wildman–Crippen MR) is 105 cm³/mol. The van der Waals surface area contributed by atoms with E-state index < -0.39 is 0 Å². The number of hydrogen-bond acceptors (Lipinski definition) is 6. The van der Waals surface area contributed by atoms with Crippen LogP contribution in [0, 0.1) is 5.82 Å². The number of hydrogen-bond donors (Lipinski definition) is 0. The van der Waals surface area contributed by atoms with Crippen LogP contribution in [0.1, 0.15) is 12.5 Å². The molecule has 0 bridgehead atoms. The van der Waals surface area contributed by atoms with Crippen molar-refractivity contribution < 1.29 is 18.3 Å². The molecule has 3 aromatic rings. The summed E-state index contributed by atoms with van der Waals surface area (Å²) < 4.78 is 25.0. The molecular weight excluding hydrogens is 381 g/mol. The van der Waals surface area contributed by atoms with Crippen LogP contribution in [0.4, 0.5) is 4.39 Å². The van der Waals surface area contributed by atoms with Crippen molar-refractivity contribution in [1.29, 1.82) is 0 Å². The fourth-order valence-electron chi connectivity index (χ4n) is 2.51. The molecule has 0 saturated carbocycles. The maximum Gasteiger partial charge on any atom is 0.277 e. The minimum absolute atomic E-state index is 0.111. The fraction of sp³-hybridized carbons (Fsp3) is 0.250. The molecule has 146 valence electrons. The summed E-state index contributed by atoms with van der Waals surface area (Å²) in [4.78, 5) is 13.8. The molecule has 8 heteroatoms. The van der Waals surface area contributed by atoms with Gasteiger partial charge >= 0.3 is 0 Å². The lowest BCUT2D eigenvalue weighted by Gasteiger charge is -2.16. The third kappa shape index (κ3) is 4.89. The molecule has 2 aromatic carbocycles. The van der Waals surface area contributed by atoms with Crippen LogP contribution >= 0.6 is 11.8 Å². The van der Waals surface area contributed by atoms with Gasteiger partial charge in [-0.25, -0.2) is 4.39 Å². The van der Waals surface area contributed by atoms with E-state index in [1.54, 1.807) is 25.2 Å². The molecule has 0 N–H and O–H groups in total. The van der Waals surface area contributed by atoms with Gasteiger partial charge < -0.3 is 14.1 Å². The van der Waals surface area contributed by atoms with Crippen molar-refractivity contribution in [2.24, 2.45) is 0 Å². The molecule has 1 heterocycles. The number of benzene rings is 2. The standard InChI is InChI=1S/C20H20FN3O3S/c1-3-26-17-11-7-5-9-15(17)19-22-23-20(27-19)28-13-18(25)24(2)12-14-8-4-6-10-16(14)21/h4-11H,3,12-13H2,1-2H3. The number of halogens is 1. The zero-order chi connectivity index (χ0) is 19.9. The summed E-state index contributed by atoms with van der Waals surface area (Å²) >= 11 is 1.14. The monoisotopic (exact) mass is 401 g/mol. The van der Waals surface area contributed by atoms with Gasteiger partial charge in [0.05, 0.1) is 17.9 Å². The molecule has 0 radical (unpaired) electrons. The highest BCUT2D eigenvalue weighted by atomic mass is 32.2. The van der Waals surface area contributed by atoms with Crippen LogP contribution < -0.4 is 4.74 Å². The minimum atomic E-state index is -0.329. The van der Waals surface area contributed by atoms with Gasteiger partial charge in [-0.1, -0.05) is 42.1 Å². The van der Waals surface area contributed by atoms with E-state index in [-0.39, 0.29) is 29.2 Å². The summed E-state index contributed by atoms with van der Waals surface area (Å²) in [5.74, 6) is 0.608. The van der Waals surface area contributed by atoms with Crippen molar-refractivity contribution in [3.63, 3.8) is 0 Å². The Kier molecular flexibility index (Phi) is 6.65. The highest BCUT2D eigenvalue weighted by Crippen LogP contribution is 2.30. The van der Waals surface area contributed by atoms with Gasteiger partial charge in [-0.05, 0) is 25.1 Å². The minimum Gasteiger partial charge on any atom is -0.493 e. The summed E-state index contributed by atoms with van der Waals surface area (Å²) in [6.45, 7) is 2.62. The van der Waals surface area contributed by atoms with E-state index in [1.807, 2.05) is 31.2 Å². The Labute approximate surface area is 166 Å². The second-order valence-electron chi connectivity index (χ2n) is 5.93. The number of aromatic nitrogens is 2. The SMILES string of the molecule is CCOc1ccccc1-c1nnc(SCC(=O)N(C)Cc2ccccc2F)o1. The van der Waals surface area contributed by atoms with Crippen LogP contribution in [-0.4, -0.2) is 40.4 Å². The number of ether oxygens (including phenoxy) is 1. The number of rotatable bonds is 8. The summed E-state index contributed by atoms with van der Waals surface area (Å²) in [5, 5.41) is 8.31. The van der Waals surface area contributed by atoms with E-state index in [1.165, 1.54) is 11.0 Å². The summed E-state index contributed by atoms with van der Waals surface area (Å²) in [6.07, 6.45) is 0. The Bertz CT molecular complexity index is 948.